The number of benzene rings is 3. The van der Waals surface area contributed by atoms with Crippen LogP contribution >= 0.6 is 12.6 Å². The number of rotatable bonds is 2. The van der Waals surface area contributed by atoms with E-state index in [1.165, 1.54) is 11.1 Å². The lowest BCUT2D eigenvalue weighted by Crippen LogP contribution is -1.70. The summed E-state index contributed by atoms with van der Waals surface area (Å²) < 4.78 is 0. The van der Waals surface area contributed by atoms with Crippen LogP contribution in [0, 0.1) is 0 Å². The van der Waals surface area contributed by atoms with Gasteiger partial charge in [0.25, 0.3) is 0 Å². The fourth-order valence-electron chi connectivity index (χ4n) is 1.75. The van der Waals surface area contributed by atoms with Crippen LogP contribution in [0.15, 0.2) is 95.9 Å². The molecule has 104 valence electrons. The smallest absolute Gasteiger partial charge is 0.00399 e. The molecule has 1 heteroatoms. The van der Waals surface area contributed by atoms with Crippen LogP contribution < -0.4 is 0 Å². The monoisotopic (exact) mass is 290 g/mol. The topological polar surface area (TPSA) is 0 Å². The third-order valence-corrected chi connectivity index (χ3v) is 3.12. The maximum Gasteiger partial charge on any atom is 0.00399 e. The second kappa shape index (κ2) is 8.83. The molecule has 0 unspecified atom stereocenters. The average Bonchev–Trinajstić information content (AvgIpc) is 2.56. The molecule has 0 heterocycles. The molecule has 0 amide bonds. The van der Waals surface area contributed by atoms with Crippen molar-refractivity contribution in [1.82, 2.24) is 0 Å². The van der Waals surface area contributed by atoms with E-state index in [4.69, 9.17) is 0 Å². The van der Waals surface area contributed by atoms with Crippen molar-refractivity contribution in [3.8, 4) is 0 Å². The molecule has 0 atom stereocenters. The zero-order valence-electron chi connectivity index (χ0n) is 11.8. The van der Waals surface area contributed by atoms with Gasteiger partial charge in [0.1, 0.15) is 0 Å². The van der Waals surface area contributed by atoms with Crippen molar-refractivity contribution in [1.29, 1.82) is 0 Å². The first-order chi connectivity index (χ1) is 10.3. The van der Waals surface area contributed by atoms with Gasteiger partial charge in [0.15, 0.2) is 0 Å². The first-order valence-corrected chi connectivity index (χ1v) is 7.31. The minimum absolute atomic E-state index is 1.02. The van der Waals surface area contributed by atoms with E-state index < -0.39 is 0 Å². The van der Waals surface area contributed by atoms with Gasteiger partial charge >= 0.3 is 0 Å². The van der Waals surface area contributed by atoms with Gasteiger partial charge in [0.2, 0.25) is 0 Å². The summed E-state index contributed by atoms with van der Waals surface area (Å²) in [5.41, 5.74) is 2.47. The van der Waals surface area contributed by atoms with Gasteiger partial charge in [0.05, 0.1) is 0 Å². The molecule has 0 spiro atoms. The molecule has 0 fully saturated rings. The Morgan fingerprint density at radius 1 is 0.476 bits per heavy atom. The summed E-state index contributed by atoms with van der Waals surface area (Å²) in [5.74, 6) is 0. The molecule has 0 saturated carbocycles. The third kappa shape index (κ3) is 6.15. The molecule has 0 aliphatic carbocycles. The first kappa shape index (κ1) is 15.1. The van der Waals surface area contributed by atoms with Gasteiger partial charge in [0, 0.05) is 4.90 Å². The molecule has 21 heavy (non-hydrogen) atoms. The standard InChI is InChI=1S/C14H12.C6H6S/c1-3-7-13(8-4-1)11-12-14-9-5-2-6-10-14;7-6-4-2-1-3-5-6/h1-12H;1-5,7H. The van der Waals surface area contributed by atoms with Gasteiger partial charge in [-0.05, 0) is 23.3 Å². The molecule has 0 aliphatic rings. The summed E-state index contributed by atoms with van der Waals surface area (Å²) in [6.07, 6.45) is 4.24. The number of hydrogen-bond donors (Lipinski definition) is 1. The van der Waals surface area contributed by atoms with Crippen molar-refractivity contribution in [3.63, 3.8) is 0 Å². The Hall–Kier alpha value is -2.25. The van der Waals surface area contributed by atoms with Gasteiger partial charge < -0.3 is 0 Å². The van der Waals surface area contributed by atoms with Crippen molar-refractivity contribution >= 4 is 24.8 Å². The predicted octanol–water partition coefficient (Wildman–Crippen LogP) is 5.83. The predicted molar refractivity (Wildman–Crippen MR) is 95.5 cm³/mol. The lowest BCUT2D eigenvalue weighted by molar-refractivity contribution is 1.48. The van der Waals surface area contributed by atoms with Crippen molar-refractivity contribution in [2.45, 2.75) is 4.90 Å². The van der Waals surface area contributed by atoms with Crippen LogP contribution in [0.1, 0.15) is 11.1 Å². The zero-order valence-corrected chi connectivity index (χ0v) is 12.7. The van der Waals surface area contributed by atoms with Crippen LogP contribution in [-0.2, 0) is 0 Å². The summed E-state index contributed by atoms with van der Waals surface area (Å²) in [7, 11) is 0. The van der Waals surface area contributed by atoms with E-state index in [1.54, 1.807) is 0 Å². The summed E-state index contributed by atoms with van der Waals surface area (Å²) in [4.78, 5) is 1.02. The molecule has 0 N–H and O–H groups in total. The Labute approximate surface area is 132 Å². The Morgan fingerprint density at radius 3 is 1.10 bits per heavy atom. The van der Waals surface area contributed by atoms with Gasteiger partial charge in [-0.2, -0.15) is 0 Å². The van der Waals surface area contributed by atoms with E-state index in [0.29, 0.717) is 0 Å². The second-order valence-corrected chi connectivity index (χ2v) is 5.01. The summed E-state index contributed by atoms with van der Waals surface area (Å²) >= 11 is 4.08. The number of hydrogen-bond acceptors (Lipinski definition) is 1. The van der Waals surface area contributed by atoms with E-state index in [0.717, 1.165) is 4.90 Å². The van der Waals surface area contributed by atoms with Crippen LogP contribution in [0.25, 0.3) is 12.2 Å². The quantitative estimate of drug-likeness (QED) is 0.445. The highest BCUT2D eigenvalue weighted by molar-refractivity contribution is 7.80. The van der Waals surface area contributed by atoms with E-state index in [2.05, 4.69) is 49.0 Å². The van der Waals surface area contributed by atoms with Crippen molar-refractivity contribution < 1.29 is 0 Å². The molecule has 3 rings (SSSR count). The van der Waals surface area contributed by atoms with E-state index >= 15 is 0 Å². The highest BCUT2D eigenvalue weighted by Gasteiger charge is 1.84. The molecule has 0 aliphatic heterocycles. The molecular weight excluding hydrogens is 272 g/mol. The van der Waals surface area contributed by atoms with Gasteiger partial charge in [-0.15, -0.1) is 12.6 Å². The molecule has 0 bridgehead atoms. The fraction of sp³-hybridized carbons (Fsp3) is 0. The third-order valence-electron chi connectivity index (χ3n) is 2.82. The van der Waals surface area contributed by atoms with Crippen molar-refractivity contribution in [3.05, 3.63) is 102 Å². The van der Waals surface area contributed by atoms with Gasteiger partial charge in [-0.1, -0.05) is 91.0 Å². The summed E-state index contributed by atoms with van der Waals surface area (Å²) in [5, 5.41) is 0. The first-order valence-electron chi connectivity index (χ1n) is 6.87. The summed E-state index contributed by atoms with van der Waals surface area (Å²) in [6.45, 7) is 0. The van der Waals surface area contributed by atoms with Crippen molar-refractivity contribution in [2.75, 3.05) is 0 Å². The minimum Gasteiger partial charge on any atom is -0.143 e. The lowest BCUT2D eigenvalue weighted by atomic mass is 10.1. The molecule has 0 saturated heterocycles. The molecule has 0 nitrogen and oxygen atoms in total. The number of thiol groups is 1. The molecule has 0 radical (unpaired) electrons. The molecule has 0 aromatic heterocycles. The highest BCUT2D eigenvalue weighted by atomic mass is 32.1. The van der Waals surface area contributed by atoms with E-state index in [-0.39, 0.29) is 0 Å². The van der Waals surface area contributed by atoms with Gasteiger partial charge in [-0.25, -0.2) is 0 Å². The lowest BCUT2D eigenvalue weighted by Gasteiger charge is -1.92. The van der Waals surface area contributed by atoms with E-state index in [9.17, 15) is 0 Å². The molecule has 3 aromatic carbocycles. The van der Waals surface area contributed by atoms with Gasteiger partial charge in [-0.3, -0.25) is 0 Å². The zero-order chi connectivity index (χ0) is 14.8. The van der Waals surface area contributed by atoms with Crippen molar-refractivity contribution in [2.24, 2.45) is 0 Å². The molecule has 3 aromatic rings. The maximum absolute atomic E-state index is 4.08. The SMILES string of the molecule is C(=Cc1ccccc1)c1ccccc1.Sc1ccccc1. The Bertz CT molecular complexity index is 602. The Balaban J connectivity index is 0.000000194. The van der Waals surface area contributed by atoms with Crippen LogP contribution in [0.3, 0.4) is 0 Å². The van der Waals surface area contributed by atoms with Crippen LogP contribution in [0.5, 0.6) is 0 Å². The fourth-order valence-corrected chi connectivity index (χ4v) is 1.92. The Kier molecular flexibility index (Phi) is 6.37. The normalized spacial score (nSPS) is 9.95. The van der Waals surface area contributed by atoms with Crippen LogP contribution in [-0.4, -0.2) is 0 Å². The minimum atomic E-state index is 1.02. The largest absolute Gasteiger partial charge is 0.143 e. The average molecular weight is 290 g/mol. The Morgan fingerprint density at radius 2 is 0.810 bits per heavy atom. The maximum atomic E-state index is 4.08. The highest BCUT2D eigenvalue weighted by Crippen LogP contribution is 2.07. The van der Waals surface area contributed by atoms with Crippen LogP contribution in [0.4, 0.5) is 0 Å². The van der Waals surface area contributed by atoms with Crippen LogP contribution in [0.2, 0.25) is 0 Å². The summed E-state index contributed by atoms with van der Waals surface area (Å²) in [6, 6.07) is 30.4. The molecular formula is C20H18S. The van der Waals surface area contributed by atoms with E-state index in [1.807, 2.05) is 66.7 Å². The second-order valence-electron chi connectivity index (χ2n) is 4.49.